The molecule has 0 radical (unpaired) electrons. The van der Waals surface area contributed by atoms with Gasteiger partial charge in [-0.25, -0.2) is 0 Å². The van der Waals surface area contributed by atoms with Crippen molar-refractivity contribution in [2.24, 2.45) is 0 Å². The number of carboxylic acid groups (broad SMARTS) is 1. The van der Waals surface area contributed by atoms with E-state index in [0.29, 0.717) is 18.0 Å². The van der Waals surface area contributed by atoms with Crippen molar-refractivity contribution in [2.75, 3.05) is 11.4 Å². The highest BCUT2D eigenvalue weighted by Crippen LogP contribution is 2.34. The Balaban J connectivity index is 2.24. The monoisotopic (exact) mass is 275 g/mol. The van der Waals surface area contributed by atoms with Gasteiger partial charge in [0.15, 0.2) is 6.10 Å². The van der Waals surface area contributed by atoms with E-state index in [1.54, 1.807) is 29.2 Å². The molecule has 1 aromatic carbocycles. The third-order valence-electron chi connectivity index (χ3n) is 3.12. The fourth-order valence-corrected chi connectivity index (χ4v) is 2.19. The minimum Gasteiger partial charge on any atom is -0.481 e. The zero-order valence-corrected chi connectivity index (χ0v) is 11.1. The summed E-state index contributed by atoms with van der Waals surface area (Å²) in [7, 11) is 0. The number of rotatable bonds is 6. The van der Waals surface area contributed by atoms with E-state index < -0.39 is 12.1 Å². The van der Waals surface area contributed by atoms with E-state index in [1.807, 2.05) is 6.07 Å². The van der Waals surface area contributed by atoms with Gasteiger partial charge in [0.2, 0.25) is 0 Å². The van der Waals surface area contributed by atoms with E-state index in [-0.39, 0.29) is 12.3 Å². The average Bonchev–Trinajstić information content (AvgIpc) is 2.42. The van der Waals surface area contributed by atoms with Gasteiger partial charge >= 0.3 is 5.97 Å². The molecule has 20 heavy (non-hydrogen) atoms. The summed E-state index contributed by atoms with van der Waals surface area (Å²) >= 11 is 0. The number of para-hydroxylation sites is 2. The SMILES string of the molecule is C=CCCCN1C(=O)[C@@H](CC(=O)O)Oc2ccccc21. The topological polar surface area (TPSA) is 66.8 Å². The highest BCUT2D eigenvalue weighted by molar-refractivity contribution is 6.01. The maximum atomic E-state index is 12.3. The van der Waals surface area contributed by atoms with E-state index in [2.05, 4.69) is 6.58 Å². The molecule has 0 bridgehead atoms. The summed E-state index contributed by atoms with van der Waals surface area (Å²) in [5.74, 6) is -0.791. The standard InChI is InChI=1S/C15H17NO4/c1-2-3-6-9-16-11-7-4-5-8-12(11)20-13(15(16)19)10-14(17)18/h2,4-5,7-8,13H,1,3,6,9-10H2,(H,17,18)/t13-/m1/s1. The minimum absolute atomic E-state index is 0.296. The van der Waals surface area contributed by atoms with Crippen molar-refractivity contribution in [1.29, 1.82) is 0 Å². The van der Waals surface area contributed by atoms with Crippen LogP contribution in [0.2, 0.25) is 0 Å². The molecule has 106 valence electrons. The quantitative estimate of drug-likeness (QED) is 0.638. The summed E-state index contributed by atoms with van der Waals surface area (Å²) in [6, 6.07) is 7.18. The molecule has 0 aromatic heterocycles. The van der Waals surface area contributed by atoms with E-state index in [1.165, 1.54) is 0 Å². The number of fused-ring (bicyclic) bond motifs is 1. The van der Waals surface area contributed by atoms with Crippen LogP contribution in [-0.4, -0.2) is 29.6 Å². The Morgan fingerprint density at radius 3 is 2.90 bits per heavy atom. The van der Waals surface area contributed by atoms with Crippen LogP contribution in [0.5, 0.6) is 5.75 Å². The Morgan fingerprint density at radius 1 is 1.45 bits per heavy atom. The van der Waals surface area contributed by atoms with Gasteiger partial charge in [-0.2, -0.15) is 0 Å². The molecule has 0 saturated heterocycles. The molecule has 1 aliphatic heterocycles. The van der Waals surface area contributed by atoms with Gasteiger partial charge in [0, 0.05) is 6.54 Å². The lowest BCUT2D eigenvalue weighted by atomic mass is 10.1. The van der Waals surface area contributed by atoms with Crippen molar-refractivity contribution in [1.82, 2.24) is 0 Å². The summed E-state index contributed by atoms with van der Waals surface area (Å²) in [6.45, 7) is 4.18. The molecule has 1 aliphatic rings. The number of aliphatic carboxylic acids is 1. The largest absolute Gasteiger partial charge is 0.481 e. The molecule has 0 fully saturated rings. The number of hydrogen-bond acceptors (Lipinski definition) is 3. The Kier molecular flexibility index (Phi) is 4.40. The van der Waals surface area contributed by atoms with Gasteiger partial charge in [0.05, 0.1) is 12.1 Å². The molecule has 0 unspecified atom stereocenters. The third kappa shape index (κ3) is 2.99. The van der Waals surface area contributed by atoms with Crippen LogP contribution in [0.3, 0.4) is 0 Å². The first-order valence-electron chi connectivity index (χ1n) is 6.53. The number of ether oxygens (including phenoxy) is 1. The third-order valence-corrected chi connectivity index (χ3v) is 3.12. The van der Waals surface area contributed by atoms with Crippen molar-refractivity contribution in [2.45, 2.75) is 25.4 Å². The summed E-state index contributed by atoms with van der Waals surface area (Å²) in [4.78, 5) is 24.8. The lowest BCUT2D eigenvalue weighted by Gasteiger charge is -2.33. The highest BCUT2D eigenvalue weighted by atomic mass is 16.5. The number of carbonyl (C=O) groups is 2. The van der Waals surface area contributed by atoms with E-state index >= 15 is 0 Å². The molecule has 5 heteroatoms. The maximum Gasteiger partial charge on any atom is 0.307 e. The predicted octanol–water partition coefficient (Wildman–Crippen LogP) is 2.22. The second kappa shape index (κ2) is 6.23. The van der Waals surface area contributed by atoms with Gasteiger partial charge in [-0.3, -0.25) is 9.59 Å². The first-order valence-corrected chi connectivity index (χ1v) is 6.53. The molecule has 5 nitrogen and oxygen atoms in total. The van der Waals surface area contributed by atoms with Crippen molar-refractivity contribution < 1.29 is 19.4 Å². The van der Waals surface area contributed by atoms with Crippen molar-refractivity contribution in [3.8, 4) is 5.75 Å². The molecule has 1 aromatic rings. The van der Waals surface area contributed by atoms with Gasteiger partial charge in [-0.05, 0) is 25.0 Å². The maximum absolute atomic E-state index is 12.3. The Morgan fingerprint density at radius 2 is 2.20 bits per heavy atom. The molecule has 0 aliphatic carbocycles. The van der Waals surface area contributed by atoms with Crippen LogP contribution in [-0.2, 0) is 9.59 Å². The summed E-state index contributed by atoms with van der Waals surface area (Å²) in [6.07, 6.45) is 2.10. The van der Waals surface area contributed by atoms with Crippen molar-refractivity contribution in [3.05, 3.63) is 36.9 Å². The minimum atomic E-state index is -1.05. The number of hydrogen-bond donors (Lipinski definition) is 1. The zero-order chi connectivity index (χ0) is 14.5. The summed E-state index contributed by atoms with van der Waals surface area (Å²) in [5, 5.41) is 8.87. The average molecular weight is 275 g/mol. The molecule has 1 atom stereocenters. The Hall–Kier alpha value is -2.30. The van der Waals surface area contributed by atoms with Crippen LogP contribution < -0.4 is 9.64 Å². The smallest absolute Gasteiger partial charge is 0.307 e. The lowest BCUT2D eigenvalue weighted by molar-refractivity contribution is -0.142. The molecule has 0 spiro atoms. The number of benzene rings is 1. The number of nitrogens with zero attached hydrogens (tertiary/aromatic N) is 1. The molecule has 1 N–H and O–H groups in total. The Labute approximate surface area is 117 Å². The highest BCUT2D eigenvalue weighted by Gasteiger charge is 2.35. The lowest BCUT2D eigenvalue weighted by Crippen LogP contribution is -2.47. The molecule has 1 amide bonds. The summed E-state index contributed by atoms with van der Waals surface area (Å²) < 4.78 is 5.50. The number of anilines is 1. The fraction of sp³-hybridized carbons (Fsp3) is 0.333. The van der Waals surface area contributed by atoms with E-state index in [4.69, 9.17) is 9.84 Å². The zero-order valence-electron chi connectivity index (χ0n) is 11.1. The van der Waals surface area contributed by atoms with Crippen LogP contribution in [0.1, 0.15) is 19.3 Å². The number of unbranched alkanes of at least 4 members (excludes halogenated alkanes) is 1. The summed E-state index contributed by atoms with van der Waals surface area (Å²) in [5.41, 5.74) is 0.697. The molecular weight excluding hydrogens is 258 g/mol. The molecule has 2 rings (SSSR count). The van der Waals surface area contributed by atoms with Gasteiger partial charge in [-0.15, -0.1) is 6.58 Å². The normalized spacial score (nSPS) is 17.3. The molecule has 0 saturated carbocycles. The first kappa shape index (κ1) is 14.1. The van der Waals surface area contributed by atoms with E-state index in [0.717, 1.165) is 12.8 Å². The van der Waals surface area contributed by atoms with Gasteiger partial charge in [0.1, 0.15) is 5.75 Å². The van der Waals surface area contributed by atoms with Crippen LogP contribution in [0.25, 0.3) is 0 Å². The number of amides is 1. The van der Waals surface area contributed by atoms with Crippen molar-refractivity contribution in [3.63, 3.8) is 0 Å². The fourth-order valence-electron chi connectivity index (χ4n) is 2.19. The number of allylic oxidation sites excluding steroid dienone is 1. The van der Waals surface area contributed by atoms with Crippen molar-refractivity contribution >= 4 is 17.6 Å². The van der Waals surface area contributed by atoms with Crippen LogP contribution >= 0.6 is 0 Å². The number of carbonyl (C=O) groups excluding carboxylic acids is 1. The van der Waals surface area contributed by atoms with Gasteiger partial charge in [-0.1, -0.05) is 18.2 Å². The Bertz CT molecular complexity index is 526. The van der Waals surface area contributed by atoms with Crippen LogP contribution in [0, 0.1) is 0 Å². The second-order valence-corrected chi connectivity index (χ2v) is 4.59. The molecular formula is C15H17NO4. The molecule has 1 heterocycles. The van der Waals surface area contributed by atoms with Crippen LogP contribution in [0.15, 0.2) is 36.9 Å². The number of carboxylic acids is 1. The van der Waals surface area contributed by atoms with Gasteiger partial charge < -0.3 is 14.7 Å². The van der Waals surface area contributed by atoms with E-state index in [9.17, 15) is 9.59 Å². The first-order chi connectivity index (χ1) is 9.63. The second-order valence-electron chi connectivity index (χ2n) is 4.59. The van der Waals surface area contributed by atoms with Gasteiger partial charge in [0.25, 0.3) is 5.91 Å². The van der Waals surface area contributed by atoms with Crippen LogP contribution in [0.4, 0.5) is 5.69 Å². The predicted molar refractivity (Wildman–Crippen MR) is 74.9 cm³/mol.